The summed E-state index contributed by atoms with van der Waals surface area (Å²) in [6.07, 6.45) is 0.347. The Bertz CT molecular complexity index is 659. The minimum atomic E-state index is -4.66. The summed E-state index contributed by atoms with van der Waals surface area (Å²) in [7, 11) is 0. The van der Waals surface area contributed by atoms with Crippen molar-refractivity contribution >= 4 is 17.7 Å². The van der Waals surface area contributed by atoms with Crippen molar-refractivity contribution < 1.29 is 18.0 Å². The van der Waals surface area contributed by atoms with Crippen molar-refractivity contribution in [1.82, 2.24) is 10.3 Å². The summed E-state index contributed by atoms with van der Waals surface area (Å²) in [6, 6.07) is 2.33. The molecule has 1 atom stereocenters. The predicted octanol–water partition coefficient (Wildman–Crippen LogP) is 2.51. The zero-order valence-corrected chi connectivity index (χ0v) is 12.6. The van der Waals surface area contributed by atoms with E-state index >= 15 is 0 Å². The molecule has 0 aromatic carbocycles. The van der Waals surface area contributed by atoms with E-state index in [1.165, 1.54) is 19.9 Å². The molecule has 0 radical (unpaired) electrons. The van der Waals surface area contributed by atoms with Gasteiger partial charge in [-0.3, -0.25) is 4.79 Å². The number of terminal acetylenes is 1. The highest BCUT2D eigenvalue weighted by atomic mass is 32.2. The molecule has 1 unspecified atom stereocenters. The number of amides is 1. The van der Waals surface area contributed by atoms with Crippen LogP contribution in [-0.2, 0) is 11.0 Å². The molecule has 8 heteroatoms. The average Bonchev–Trinajstić information content (AvgIpc) is 2.43. The van der Waals surface area contributed by atoms with Gasteiger partial charge in [0.2, 0.25) is 5.91 Å². The Kier molecular flexibility index (Phi) is 5.84. The molecule has 0 spiro atoms. The lowest BCUT2D eigenvalue weighted by molar-refractivity contribution is -0.138. The summed E-state index contributed by atoms with van der Waals surface area (Å²) < 4.78 is 38.9. The number of nitriles is 1. The van der Waals surface area contributed by atoms with Gasteiger partial charge < -0.3 is 5.32 Å². The van der Waals surface area contributed by atoms with Crippen LogP contribution < -0.4 is 5.32 Å². The number of aryl methyl sites for hydroxylation is 1. The maximum atomic E-state index is 13.0. The van der Waals surface area contributed by atoms with E-state index in [9.17, 15) is 18.0 Å². The summed E-state index contributed by atoms with van der Waals surface area (Å²) >= 11 is 0.784. The monoisotopic (exact) mass is 327 g/mol. The Morgan fingerprint density at radius 3 is 2.73 bits per heavy atom. The summed E-state index contributed by atoms with van der Waals surface area (Å²) in [4.78, 5) is 15.7. The van der Waals surface area contributed by atoms with E-state index in [2.05, 4.69) is 16.2 Å². The highest BCUT2D eigenvalue weighted by Crippen LogP contribution is 2.36. The largest absolute Gasteiger partial charge is 0.417 e. The first-order valence-corrected chi connectivity index (χ1v) is 6.95. The lowest BCUT2D eigenvalue weighted by Crippen LogP contribution is -2.31. The van der Waals surface area contributed by atoms with Crippen LogP contribution in [0.25, 0.3) is 0 Å². The molecule has 0 saturated heterocycles. The van der Waals surface area contributed by atoms with Gasteiger partial charge in [-0.25, -0.2) is 4.98 Å². The number of aromatic nitrogens is 1. The van der Waals surface area contributed by atoms with Crippen molar-refractivity contribution in [2.24, 2.45) is 0 Å². The van der Waals surface area contributed by atoms with Crippen LogP contribution in [0.3, 0.4) is 0 Å². The SMILES string of the molecule is C#CCNC(=O)C(C)Sc1nc(C)cc(C(F)(F)F)c1C#N. The zero-order chi connectivity index (χ0) is 16.9. The highest BCUT2D eigenvalue weighted by Gasteiger charge is 2.36. The Labute approximate surface area is 130 Å². The number of pyridine rings is 1. The molecule has 0 aliphatic rings. The number of halogens is 3. The molecule has 22 heavy (non-hydrogen) atoms. The maximum Gasteiger partial charge on any atom is 0.417 e. The van der Waals surface area contributed by atoms with Gasteiger partial charge in [0.25, 0.3) is 0 Å². The van der Waals surface area contributed by atoms with Crippen molar-refractivity contribution in [3.8, 4) is 18.4 Å². The van der Waals surface area contributed by atoms with Crippen LogP contribution in [0, 0.1) is 30.6 Å². The van der Waals surface area contributed by atoms with Gasteiger partial charge >= 0.3 is 6.18 Å². The fraction of sp³-hybridized carbons (Fsp3) is 0.357. The Hall–Kier alpha value is -2.19. The molecular weight excluding hydrogens is 315 g/mol. The summed E-state index contributed by atoms with van der Waals surface area (Å²) in [5.41, 5.74) is -1.52. The third kappa shape index (κ3) is 4.40. The number of hydrogen-bond donors (Lipinski definition) is 1. The standard InChI is InChI=1S/C14H12F3N3OS/c1-4-5-19-12(21)9(3)22-13-10(7-18)11(14(15,16)17)6-8(2)20-13/h1,6,9H,5H2,2-3H3,(H,19,21). The van der Waals surface area contributed by atoms with E-state index in [1.807, 2.05) is 0 Å². The van der Waals surface area contributed by atoms with Crippen molar-refractivity contribution in [3.63, 3.8) is 0 Å². The number of nitrogens with zero attached hydrogens (tertiary/aromatic N) is 2. The van der Waals surface area contributed by atoms with Crippen LogP contribution in [0.2, 0.25) is 0 Å². The molecule has 0 saturated carbocycles. The quantitative estimate of drug-likeness (QED) is 0.682. The van der Waals surface area contributed by atoms with E-state index in [-0.39, 0.29) is 17.3 Å². The third-order valence-corrected chi connectivity index (χ3v) is 3.64. The smallest absolute Gasteiger partial charge is 0.344 e. The predicted molar refractivity (Wildman–Crippen MR) is 75.9 cm³/mol. The molecular formula is C14H12F3N3OS. The number of carbonyl (C=O) groups excluding carboxylic acids is 1. The van der Waals surface area contributed by atoms with Crippen LogP contribution in [0.4, 0.5) is 13.2 Å². The van der Waals surface area contributed by atoms with Gasteiger partial charge in [-0.05, 0) is 19.9 Å². The molecule has 4 nitrogen and oxygen atoms in total. The molecule has 1 aromatic rings. The van der Waals surface area contributed by atoms with Crippen molar-refractivity contribution in [1.29, 1.82) is 5.26 Å². The molecule has 0 fully saturated rings. The number of rotatable bonds is 4. The molecule has 1 amide bonds. The minimum absolute atomic E-state index is 0.0177. The molecule has 0 bridgehead atoms. The normalized spacial score (nSPS) is 12.1. The maximum absolute atomic E-state index is 13.0. The Morgan fingerprint density at radius 1 is 1.59 bits per heavy atom. The van der Waals surface area contributed by atoms with Crippen molar-refractivity contribution in [3.05, 3.63) is 22.9 Å². The van der Waals surface area contributed by atoms with Gasteiger partial charge in [0, 0.05) is 5.69 Å². The first-order chi connectivity index (χ1) is 10.2. The molecule has 0 aliphatic heterocycles. The molecule has 1 aromatic heterocycles. The third-order valence-electron chi connectivity index (χ3n) is 2.55. The number of hydrogen-bond acceptors (Lipinski definition) is 4. The van der Waals surface area contributed by atoms with E-state index in [4.69, 9.17) is 11.7 Å². The van der Waals surface area contributed by atoms with Crippen molar-refractivity contribution in [2.75, 3.05) is 6.54 Å². The molecule has 0 aliphatic carbocycles. The lowest BCUT2D eigenvalue weighted by atomic mass is 10.1. The molecule has 1 N–H and O–H groups in total. The second kappa shape index (κ2) is 7.19. The number of carbonyl (C=O) groups is 1. The highest BCUT2D eigenvalue weighted by molar-refractivity contribution is 8.00. The summed E-state index contributed by atoms with van der Waals surface area (Å²) in [5.74, 6) is 1.78. The van der Waals surface area contributed by atoms with Gasteiger partial charge in [-0.2, -0.15) is 18.4 Å². The number of thioether (sulfide) groups is 1. The zero-order valence-electron chi connectivity index (χ0n) is 11.8. The molecule has 1 heterocycles. The first-order valence-electron chi connectivity index (χ1n) is 6.07. The van der Waals surface area contributed by atoms with E-state index < -0.39 is 28.5 Å². The lowest BCUT2D eigenvalue weighted by Gasteiger charge is -2.15. The van der Waals surface area contributed by atoms with Crippen LogP contribution in [-0.4, -0.2) is 22.7 Å². The fourth-order valence-corrected chi connectivity index (χ4v) is 2.56. The van der Waals surface area contributed by atoms with Gasteiger partial charge in [0.05, 0.1) is 22.9 Å². The number of nitrogens with one attached hydrogen (secondary N) is 1. The van der Waals surface area contributed by atoms with Gasteiger partial charge in [-0.15, -0.1) is 6.42 Å². The van der Waals surface area contributed by atoms with E-state index in [0.717, 1.165) is 17.8 Å². The van der Waals surface area contributed by atoms with Crippen LogP contribution in [0.1, 0.15) is 23.7 Å². The second-order valence-corrected chi connectivity index (χ2v) is 5.61. The Balaban J connectivity index is 3.16. The van der Waals surface area contributed by atoms with Crippen LogP contribution >= 0.6 is 11.8 Å². The molecule has 116 valence electrons. The van der Waals surface area contributed by atoms with E-state index in [1.54, 1.807) is 0 Å². The van der Waals surface area contributed by atoms with Crippen LogP contribution in [0.5, 0.6) is 0 Å². The summed E-state index contributed by atoms with van der Waals surface area (Å²) in [5, 5.41) is 10.6. The average molecular weight is 327 g/mol. The van der Waals surface area contributed by atoms with E-state index in [0.29, 0.717) is 0 Å². The van der Waals surface area contributed by atoms with Gasteiger partial charge in [-0.1, -0.05) is 17.7 Å². The fourth-order valence-electron chi connectivity index (χ4n) is 1.56. The minimum Gasteiger partial charge on any atom is -0.344 e. The first kappa shape index (κ1) is 17.9. The van der Waals surface area contributed by atoms with Gasteiger partial charge in [0.1, 0.15) is 11.1 Å². The van der Waals surface area contributed by atoms with Gasteiger partial charge in [0.15, 0.2) is 0 Å². The van der Waals surface area contributed by atoms with Crippen LogP contribution in [0.15, 0.2) is 11.1 Å². The number of alkyl halides is 3. The summed E-state index contributed by atoms with van der Waals surface area (Å²) in [6.45, 7) is 2.91. The molecule has 1 rings (SSSR count). The Morgan fingerprint density at radius 2 is 2.23 bits per heavy atom. The van der Waals surface area contributed by atoms with Crippen molar-refractivity contribution in [2.45, 2.75) is 30.3 Å². The topological polar surface area (TPSA) is 65.8 Å². The second-order valence-electron chi connectivity index (χ2n) is 4.28.